The monoisotopic (exact) mass is 302 g/mol. The van der Waals surface area contributed by atoms with Crippen molar-refractivity contribution >= 4 is 21.4 Å². The number of nitrogens with two attached hydrogens (primary N) is 1. The molecule has 0 aliphatic heterocycles. The summed E-state index contributed by atoms with van der Waals surface area (Å²) in [6.07, 6.45) is 4.35. The summed E-state index contributed by atoms with van der Waals surface area (Å²) in [6, 6.07) is 1.80. The number of sulfonamides is 1. The summed E-state index contributed by atoms with van der Waals surface area (Å²) < 4.78 is 28.0. The summed E-state index contributed by atoms with van der Waals surface area (Å²) in [5, 5.41) is 0. The van der Waals surface area contributed by atoms with Gasteiger partial charge in [-0.3, -0.25) is 0 Å². The molecule has 2 unspecified atom stereocenters. The van der Waals surface area contributed by atoms with E-state index in [0.717, 1.165) is 29.7 Å². The van der Waals surface area contributed by atoms with E-state index < -0.39 is 10.0 Å². The van der Waals surface area contributed by atoms with Crippen molar-refractivity contribution < 1.29 is 8.42 Å². The lowest BCUT2D eigenvalue weighted by atomic mass is 9.87. The topological polar surface area (TPSA) is 72.2 Å². The fraction of sp³-hybridized carbons (Fsp3) is 0.692. The fourth-order valence-electron chi connectivity index (χ4n) is 2.57. The van der Waals surface area contributed by atoms with Crippen LogP contribution in [0.3, 0.4) is 0 Å². The molecule has 1 fully saturated rings. The summed E-state index contributed by atoms with van der Waals surface area (Å²) >= 11 is 1.28. The molecule has 1 aliphatic rings. The molecule has 3 N–H and O–H groups in total. The molecule has 1 aliphatic carbocycles. The summed E-state index contributed by atoms with van der Waals surface area (Å²) in [6.45, 7) is 4.42. The summed E-state index contributed by atoms with van der Waals surface area (Å²) in [4.78, 5) is 0.942. The van der Waals surface area contributed by atoms with Gasteiger partial charge in [0.15, 0.2) is 0 Å². The van der Waals surface area contributed by atoms with Gasteiger partial charge in [-0.2, -0.15) is 0 Å². The molecule has 0 aromatic carbocycles. The molecule has 108 valence electrons. The first-order chi connectivity index (χ1) is 8.94. The van der Waals surface area contributed by atoms with Crippen molar-refractivity contribution in [1.29, 1.82) is 0 Å². The van der Waals surface area contributed by atoms with E-state index >= 15 is 0 Å². The number of nitrogens with one attached hydrogen (secondary N) is 1. The minimum Gasteiger partial charge on any atom is -0.326 e. The molecule has 6 heteroatoms. The highest BCUT2D eigenvalue weighted by atomic mass is 32.2. The second kappa shape index (κ2) is 5.91. The molecule has 0 amide bonds. The van der Waals surface area contributed by atoms with Gasteiger partial charge in [0.05, 0.1) is 0 Å². The standard InChI is InChI=1S/C13H22N2O2S2/c1-9-5-3-4-6-11(9)15-19(16,17)13-7-10(2)12(8-14)18-13/h7,9,11,15H,3-6,8,14H2,1-2H3. The van der Waals surface area contributed by atoms with Crippen molar-refractivity contribution in [2.24, 2.45) is 11.7 Å². The molecule has 1 aromatic heterocycles. The smallest absolute Gasteiger partial charge is 0.250 e. The predicted octanol–water partition coefficient (Wildman–Crippen LogP) is 2.37. The fourth-order valence-corrected chi connectivity index (χ4v) is 5.44. The van der Waals surface area contributed by atoms with Gasteiger partial charge in [-0.25, -0.2) is 13.1 Å². The van der Waals surface area contributed by atoms with Gasteiger partial charge in [0, 0.05) is 17.5 Å². The number of aryl methyl sites for hydroxylation is 1. The lowest BCUT2D eigenvalue weighted by Gasteiger charge is -2.28. The van der Waals surface area contributed by atoms with Crippen LogP contribution in [-0.4, -0.2) is 14.5 Å². The first kappa shape index (κ1) is 15.0. The average molecular weight is 302 g/mol. The molecule has 4 nitrogen and oxygen atoms in total. The average Bonchev–Trinajstić information content (AvgIpc) is 2.74. The van der Waals surface area contributed by atoms with Gasteiger partial charge in [0.2, 0.25) is 10.0 Å². The molecule has 1 heterocycles. The molecule has 1 saturated carbocycles. The van der Waals surface area contributed by atoms with Crippen molar-refractivity contribution in [1.82, 2.24) is 4.72 Å². The highest BCUT2D eigenvalue weighted by Crippen LogP contribution is 2.29. The van der Waals surface area contributed by atoms with Crippen LogP contribution in [0.1, 0.15) is 43.0 Å². The third-order valence-electron chi connectivity index (χ3n) is 3.87. The van der Waals surface area contributed by atoms with Crippen LogP contribution in [0.2, 0.25) is 0 Å². The SMILES string of the molecule is Cc1cc(S(=O)(=O)NC2CCCCC2C)sc1CN. The van der Waals surface area contributed by atoms with Crippen LogP contribution in [-0.2, 0) is 16.6 Å². The molecular weight excluding hydrogens is 280 g/mol. The maximum atomic E-state index is 12.4. The Hall–Kier alpha value is -0.430. The molecule has 0 spiro atoms. The number of hydrogen-bond donors (Lipinski definition) is 2. The van der Waals surface area contributed by atoms with Crippen LogP contribution < -0.4 is 10.5 Å². The maximum Gasteiger partial charge on any atom is 0.250 e. The van der Waals surface area contributed by atoms with Crippen LogP contribution in [0.4, 0.5) is 0 Å². The minimum absolute atomic E-state index is 0.0717. The van der Waals surface area contributed by atoms with Gasteiger partial charge in [-0.1, -0.05) is 19.8 Å². The Kier molecular flexibility index (Phi) is 4.66. The normalized spacial score (nSPS) is 24.6. The molecule has 0 saturated heterocycles. The van der Waals surface area contributed by atoms with E-state index in [2.05, 4.69) is 11.6 Å². The molecular formula is C13H22N2O2S2. The van der Waals surface area contributed by atoms with E-state index in [1.807, 2.05) is 6.92 Å². The van der Waals surface area contributed by atoms with Crippen molar-refractivity contribution in [2.45, 2.75) is 56.3 Å². The number of rotatable bonds is 4. The van der Waals surface area contributed by atoms with E-state index in [-0.39, 0.29) is 6.04 Å². The van der Waals surface area contributed by atoms with Gasteiger partial charge in [0.1, 0.15) is 4.21 Å². The Morgan fingerprint density at radius 2 is 2.11 bits per heavy atom. The largest absolute Gasteiger partial charge is 0.326 e. The summed E-state index contributed by atoms with van der Waals surface area (Å²) in [5.41, 5.74) is 6.57. The highest BCUT2D eigenvalue weighted by Gasteiger charge is 2.27. The molecule has 1 aromatic rings. The van der Waals surface area contributed by atoms with Crippen LogP contribution in [0.15, 0.2) is 10.3 Å². The summed E-state index contributed by atoms with van der Waals surface area (Å²) in [7, 11) is -3.39. The van der Waals surface area contributed by atoms with Crippen LogP contribution in [0, 0.1) is 12.8 Å². The first-order valence-corrected chi connectivity index (χ1v) is 9.05. The molecule has 2 atom stereocenters. The second-order valence-corrected chi connectivity index (χ2v) is 8.44. The number of hydrogen-bond acceptors (Lipinski definition) is 4. The van der Waals surface area contributed by atoms with Gasteiger partial charge in [0.25, 0.3) is 0 Å². The zero-order valence-corrected chi connectivity index (χ0v) is 13.1. The lowest BCUT2D eigenvalue weighted by molar-refractivity contribution is 0.310. The van der Waals surface area contributed by atoms with Gasteiger partial charge >= 0.3 is 0 Å². The van der Waals surface area contributed by atoms with Gasteiger partial charge in [-0.15, -0.1) is 11.3 Å². The van der Waals surface area contributed by atoms with Crippen LogP contribution >= 0.6 is 11.3 Å². The zero-order chi connectivity index (χ0) is 14.0. The van der Waals surface area contributed by atoms with Crippen molar-refractivity contribution in [3.63, 3.8) is 0 Å². The van der Waals surface area contributed by atoms with Crippen LogP contribution in [0.25, 0.3) is 0 Å². The van der Waals surface area contributed by atoms with E-state index in [1.165, 1.54) is 17.8 Å². The predicted molar refractivity (Wildman–Crippen MR) is 78.7 cm³/mol. The van der Waals surface area contributed by atoms with E-state index in [1.54, 1.807) is 6.07 Å². The van der Waals surface area contributed by atoms with Gasteiger partial charge < -0.3 is 5.73 Å². The van der Waals surface area contributed by atoms with E-state index in [0.29, 0.717) is 16.7 Å². The third-order valence-corrected chi connectivity index (χ3v) is 7.09. The number of thiophene rings is 1. The lowest BCUT2D eigenvalue weighted by Crippen LogP contribution is -2.40. The van der Waals surface area contributed by atoms with Crippen molar-refractivity contribution in [2.75, 3.05) is 0 Å². The minimum atomic E-state index is -3.39. The third kappa shape index (κ3) is 3.37. The van der Waals surface area contributed by atoms with Crippen molar-refractivity contribution in [3.8, 4) is 0 Å². The van der Waals surface area contributed by atoms with Crippen LogP contribution in [0.5, 0.6) is 0 Å². The Morgan fingerprint density at radius 3 is 2.68 bits per heavy atom. The zero-order valence-electron chi connectivity index (χ0n) is 11.5. The second-order valence-electron chi connectivity index (χ2n) is 5.37. The molecule has 2 rings (SSSR count). The summed E-state index contributed by atoms with van der Waals surface area (Å²) in [5.74, 6) is 0.415. The Balaban J connectivity index is 2.17. The highest BCUT2D eigenvalue weighted by molar-refractivity contribution is 7.91. The first-order valence-electron chi connectivity index (χ1n) is 6.75. The maximum absolute atomic E-state index is 12.4. The molecule has 0 bridgehead atoms. The van der Waals surface area contributed by atoms with Gasteiger partial charge in [-0.05, 0) is 37.3 Å². The quantitative estimate of drug-likeness (QED) is 0.897. The Labute approximate surface area is 119 Å². The van der Waals surface area contributed by atoms with E-state index in [9.17, 15) is 8.42 Å². The van der Waals surface area contributed by atoms with Crippen molar-refractivity contribution in [3.05, 3.63) is 16.5 Å². The molecule has 19 heavy (non-hydrogen) atoms. The Bertz CT molecular complexity index is 537. The Morgan fingerprint density at radius 1 is 1.42 bits per heavy atom. The molecule has 0 radical (unpaired) electrons. The van der Waals surface area contributed by atoms with E-state index in [4.69, 9.17) is 5.73 Å².